The molecular formula is C31H34AuN3P2S+2. The summed E-state index contributed by atoms with van der Waals surface area (Å²) in [5.74, 6) is 0. The van der Waals surface area contributed by atoms with Gasteiger partial charge in [0.2, 0.25) is 0 Å². The Labute approximate surface area is 249 Å². The van der Waals surface area contributed by atoms with Crippen molar-refractivity contribution in [1.29, 1.82) is 0 Å². The smallest absolute Gasteiger partial charge is 0.264 e. The molecule has 4 aliphatic heterocycles. The van der Waals surface area contributed by atoms with Crippen LogP contribution in [0.25, 0.3) is 0 Å². The first-order chi connectivity index (χ1) is 18.1. The van der Waals surface area contributed by atoms with E-state index in [1.165, 1.54) is 66.1 Å². The van der Waals surface area contributed by atoms with Crippen LogP contribution < -0.4 is 15.9 Å². The Morgan fingerprint density at radius 1 is 0.737 bits per heavy atom. The number of nitrogens with zero attached hydrogens (tertiary/aromatic N) is 3. The van der Waals surface area contributed by atoms with Crippen LogP contribution in [-0.2, 0) is 40.7 Å². The Hall–Kier alpha value is -1.42. The number of hydrogen-bond acceptors (Lipinski definition) is 3. The molecule has 38 heavy (non-hydrogen) atoms. The Morgan fingerprint density at radius 3 is 1.76 bits per heavy atom. The van der Waals surface area contributed by atoms with Crippen LogP contribution in [0.2, 0.25) is 0 Å². The largest absolute Gasteiger partial charge is 1.00 e. The summed E-state index contributed by atoms with van der Waals surface area (Å²) < 4.78 is 1.32. The molecule has 3 nitrogen and oxygen atoms in total. The molecule has 0 aliphatic carbocycles. The van der Waals surface area contributed by atoms with Crippen LogP contribution in [0.3, 0.4) is 0 Å². The molecule has 2 unspecified atom stereocenters. The van der Waals surface area contributed by atoms with Gasteiger partial charge in [-0.25, -0.2) is 9.80 Å². The van der Waals surface area contributed by atoms with Gasteiger partial charge in [0.25, 0.3) is 0 Å². The predicted octanol–water partition coefficient (Wildman–Crippen LogP) is 4.85. The molecule has 4 aromatic carbocycles. The van der Waals surface area contributed by atoms with E-state index in [-0.39, 0.29) is 30.3 Å². The zero-order valence-corrected chi connectivity index (χ0v) is 26.3. The second-order valence-electron chi connectivity index (χ2n) is 10.5. The summed E-state index contributed by atoms with van der Waals surface area (Å²) in [5, 5.41) is 3.54. The van der Waals surface area contributed by atoms with Crippen LogP contribution in [0.15, 0.2) is 115 Å². The molecule has 0 N–H and O–H groups in total. The zero-order valence-electron chi connectivity index (χ0n) is 21.4. The van der Waals surface area contributed by atoms with Gasteiger partial charge in [-0.3, -0.25) is 4.48 Å². The second kappa shape index (κ2) is 12.4. The monoisotopic (exact) mass is 739 g/mol. The molecule has 7 heteroatoms. The number of benzene rings is 4. The second-order valence-corrected chi connectivity index (χ2v) is 17.3. The van der Waals surface area contributed by atoms with Gasteiger partial charge in [0, 0.05) is 11.6 Å². The van der Waals surface area contributed by atoms with Gasteiger partial charge in [0.15, 0.2) is 6.29 Å². The van der Waals surface area contributed by atoms with Crippen LogP contribution in [0.5, 0.6) is 0 Å². The van der Waals surface area contributed by atoms with Crippen molar-refractivity contribution in [3.63, 3.8) is 0 Å². The van der Waals surface area contributed by atoms with Crippen molar-refractivity contribution in [3.8, 4) is 0 Å². The average Bonchev–Trinajstić information content (AvgIpc) is 2.94. The quantitative estimate of drug-likeness (QED) is 0.125. The maximum atomic E-state index is 6.18. The topological polar surface area (TPSA) is 6.48 Å². The molecule has 198 valence electrons. The van der Waals surface area contributed by atoms with Crippen molar-refractivity contribution < 1.29 is 26.9 Å². The standard InChI is InChI=1S/C18H14PS.C13H19N3P.Au/c20-19(16-10-4-1-5-11-16,17-12-6-2-7-13-17)18-14-8-3-9-15-18;1-2-4-13(5-3-1)6-16-8-14-7-15(9-16)11-17(10-14)12-16;/h1-14H;1-5H,6-12H2;/q-1;2*+1/p+1. The molecule has 4 heterocycles. The van der Waals surface area contributed by atoms with Crippen LogP contribution in [0.4, 0.5) is 0 Å². The summed E-state index contributed by atoms with van der Waals surface area (Å²) in [6.07, 6.45) is 4.37. The maximum absolute atomic E-state index is 6.18. The molecule has 0 saturated carbocycles. The van der Waals surface area contributed by atoms with E-state index < -0.39 is 6.04 Å². The van der Waals surface area contributed by atoms with Crippen LogP contribution in [0, 0.1) is 6.07 Å². The molecule has 4 saturated heterocycles. The maximum Gasteiger partial charge on any atom is 1.00 e. The van der Waals surface area contributed by atoms with Gasteiger partial charge < -0.3 is 0 Å². The Bertz CT molecular complexity index is 1220. The molecule has 4 aromatic rings. The van der Waals surface area contributed by atoms with E-state index in [1.807, 2.05) is 30.3 Å². The van der Waals surface area contributed by atoms with Gasteiger partial charge in [-0.15, -0.1) is 5.30 Å². The first-order valence-corrected chi connectivity index (χ1v) is 17.9. The van der Waals surface area contributed by atoms with Gasteiger partial charge in [-0.05, 0) is 10.6 Å². The predicted molar refractivity (Wildman–Crippen MR) is 163 cm³/mol. The Kier molecular flexibility index (Phi) is 9.18. The molecule has 0 aromatic heterocycles. The SMILES string of the molecule is S=P(c1[c-]cccc1)(c1ccccc1)c1ccccc1.[Au+].c1ccc(C[N+]23CN4CN(C[PH+](C4)C2)C3)cc1. The van der Waals surface area contributed by atoms with Crippen molar-refractivity contribution in [3.05, 3.63) is 127 Å². The molecule has 0 spiro atoms. The third-order valence-electron chi connectivity index (χ3n) is 7.49. The Morgan fingerprint density at radius 2 is 1.26 bits per heavy atom. The molecular weight excluding hydrogens is 705 g/mol. The minimum absolute atomic E-state index is 0. The number of rotatable bonds is 5. The zero-order chi connectivity index (χ0) is 25.1. The van der Waals surface area contributed by atoms with Gasteiger partial charge in [0.1, 0.15) is 32.5 Å². The molecule has 0 amide bonds. The summed E-state index contributed by atoms with van der Waals surface area (Å²) >= 11 is 6.18. The van der Waals surface area contributed by atoms with Crippen molar-refractivity contribution in [2.75, 3.05) is 38.9 Å². The fourth-order valence-corrected chi connectivity index (χ4v) is 13.1. The third kappa shape index (κ3) is 6.01. The van der Waals surface area contributed by atoms with Crippen molar-refractivity contribution in [2.24, 2.45) is 0 Å². The van der Waals surface area contributed by atoms with Crippen LogP contribution in [-0.4, -0.2) is 53.1 Å². The average molecular weight is 740 g/mol. The molecule has 2 atom stereocenters. The van der Waals surface area contributed by atoms with E-state index in [2.05, 4.69) is 101 Å². The normalized spacial score (nSPS) is 25.1. The van der Waals surface area contributed by atoms with E-state index in [9.17, 15) is 0 Å². The van der Waals surface area contributed by atoms with Gasteiger partial charge >= 0.3 is 22.4 Å². The van der Waals surface area contributed by atoms with Gasteiger partial charge in [0.05, 0.1) is 14.6 Å². The first kappa shape index (κ1) is 28.1. The van der Waals surface area contributed by atoms with Crippen molar-refractivity contribution in [1.82, 2.24) is 9.80 Å². The van der Waals surface area contributed by atoms with Crippen LogP contribution >= 0.6 is 14.0 Å². The van der Waals surface area contributed by atoms with E-state index in [0.29, 0.717) is 0 Å². The number of quaternary nitrogens is 1. The Balaban J connectivity index is 0.000000152. The summed E-state index contributed by atoms with van der Waals surface area (Å²) in [7, 11) is -0.101. The van der Waals surface area contributed by atoms with Crippen molar-refractivity contribution in [2.45, 2.75) is 6.54 Å². The van der Waals surface area contributed by atoms with E-state index in [0.717, 1.165) is 5.30 Å². The van der Waals surface area contributed by atoms with E-state index in [1.54, 1.807) is 0 Å². The summed E-state index contributed by atoms with van der Waals surface area (Å²) in [5.41, 5.74) is 1.51. The molecule has 0 radical (unpaired) electrons. The van der Waals surface area contributed by atoms with Gasteiger partial charge in [-0.1, -0.05) is 103 Å². The first-order valence-electron chi connectivity index (χ1n) is 13.0. The molecule has 4 bridgehead atoms. The fraction of sp³-hybridized carbons (Fsp3) is 0.226. The number of hydrogen-bond donors (Lipinski definition) is 0. The summed E-state index contributed by atoms with van der Waals surface area (Å²) in [6, 6.07) is 41.3. The van der Waals surface area contributed by atoms with Gasteiger partial charge in [-0.2, -0.15) is 30.3 Å². The van der Waals surface area contributed by atoms with E-state index >= 15 is 0 Å². The summed E-state index contributed by atoms with van der Waals surface area (Å²) in [4.78, 5) is 5.38. The minimum atomic E-state index is -2.00. The molecule has 4 fully saturated rings. The van der Waals surface area contributed by atoms with Crippen molar-refractivity contribution >= 4 is 41.7 Å². The molecule has 8 rings (SSSR count). The molecule has 4 aliphatic rings. The summed E-state index contributed by atoms with van der Waals surface area (Å²) in [6.45, 7) is 5.06. The third-order valence-corrected chi connectivity index (χ3v) is 15.3. The van der Waals surface area contributed by atoms with Crippen LogP contribution in [0.1, 0.15) is 5.56 Å². The van der Waals surface area contributed by atoms with E-state index in [4.69, 9.17) is 11.8 Å². The minimum Gasteiger partial charge on any atom is -0.264 e. The fourth-order valence-electron chi connectivity index (χ4n) is 6.23.